The van der Waals surface area contributed by atoms with Gasteiger partial charge in [0.15, 0.2) is 0 Å². The van der Waals surface area contributed by atoms with E-state index in [1.54, 1.807) is 19.3 Å². The molecule has 5 heteroatoms. The highest BCUT2D eigenvalue weighted by Gasteiger charge is 2.25. The number of nitrogens with one attached hydrogen (secondary N) is 1. The topological polar surface area (TPSA) is 48.5 Å². The van der Waals surface area contributed by atoms with E-state index in [0.717, 1.165) is 31.7 Å². The summed E-state index contributed by atoms with van der Waals surface area (Å²) in [6.45, 7) is 1.66. The number of carbonyl (C=O) groups excluding carboxylic acids is 1. The molecule has 0 saturated carbocycles. The molecule has 0 bridgehead atoms. The first-order valence-electron chi connectivity index (χ1n) is 6.71. The summed E-state index contributed by atoms with van der Waals surface area (Å²) in [5.41, 5.74) is 0.707. The molecule has 0 spiro atoms. The normalized spacial score (nSPS) is 19.6. The lowest BCUT2D eigenvalue weighted by molar-refractivity contribution is 0.0635. The maximum Gasteiger partial charge on any atom is 0.254 e. The molecular formula is C14H22N4O. The van der Waals surface area contributed by atoms with Gasteiger partial charge in [-0.05, 0) is 39.1 Å². The number of pyridine rings is 1. The van der Waals surface area contributed by atoms with Crippen molar-refractivity contribution in [2.75, 3.05) is 39.5 Å². The van der Waals surface area contributed by atoms with E-state index < -0.39 is 0 Å². The van der Waals surface area contributed by atoms with Crippen LogP contribution in [0.15, 0.2) is 18.3 Å². The van der Waals surface area contributed by atoms with Crippen LogP contribution in [0.1, 0.15) is 23.2 Å². The third-order valence-corrected chi connectivity index (χ3v) is 3.68. The van der Waals surface area contributed by atoms with Crippen LogP contribution in [0.4, 0.5) is 5.82 Å². The Bertz CT molecular complexity index is 447. The van der Waals surface area contributed by atoms with E-state index in [-0.39, 0.29) is 5.91 Å². The van der Waals surface area contributed by atoms with Crippen molar-refractivity contribution in [1.82, 2.24) is 14.8 Å². The van der Waals surface area contributed by atoms with Crippen LogP contribution in [0, 0.1) is 0 Å². The highest BCUT2D eigenvalue weighted by atomic mass is 16.2. The second-order valence-corrected chi connectivity index (χ2v) is 5.19. The first-order chi connectivity index (χ1) is 9.11. The molecule has 1 aliphatic rings. The summed E-state index contributed by atoms with van der Waals surface area (Å²) in [7, 11) is 5.95. The van der Waals surface area contributed by atoms with Crippen molar-refractivity contribution in [1.29, 1.82) is 0 Å². The molecule has 1 aliphatic heterocycles. The first-order valence-corrected chi connectivity index (χ1v) is 6.71. The van der Waals surface area contributed by atoms with E-state index in [9.17, 15) is 4.79 Å². The van der Waals surface area contributed by atoms with Gasteiger partial charge in [0.2, 0.25) is 0 Å². The van der Waals surface area contributed by atoms with Crippen molar-refractivity contribution in [2.45, 2.75) is 18.9 Å². The lowest BCUT2D eigenvalue weighted by atomic mass is 10.0. The Kier molecular flexibility index (Phi) is 4.37. The van der Waals surface area contributed by atoms with E-state index in [1.807, 2.05) is 11.0 Å². The second kappa shape index (κ2) is 6.02. The molecular weight excluding hydrogens is 240 g/mol. The molecule has 19 heavy (non-hydrogen) atoms. The number of carbonyl (C=O) groups is 1. The van der Waals surface area contributed by atoms with Gasteiger partial charge in [-0.25, -0.2) is 4.98 Å². The van der Waals surface area contributed by atoms with Crippen molar-refractivity contribution < 1.29 is 4.79 Å². The Morgan fingerprint density at radius 1 is 1.53 bits per heavy atom. The van der Waals surface area contributed by atoms with Crippen LogP contribution in [0.25, 0.3) is 0 Å². The van der Waals surface area contributed by atoms with Gasteiger partial charge >= 0.3 is 0 Å². The Balaban J connectivity index is 2.10. The van der Waals surface area contributed by atoms with Crippen LogP contribution in [-0.4, -0.2) is 61.0 Å². The van der Waals surface area contributed by atoms with Crippen LogP contribution in [0.2, 0.25) is 0 Å². The number of anilines is 1. The lowest BCUT2D eigenvalue weighted by Gasteiger charge is -2.36. The Morgan fingerprint density at radius 2 is 2.32 bits per heavy atom. The molecule has 2 rings (SSSR count). The predicted octanol–water partition coefficient (Wildman–Crippen LogP) is 1.29. The van der Waals surface area contributed by atoms with Crippen LogP contribution in [0.3, 0.4) is 0 Å². The van der Waals surface area contributed by atoms with E-state index in [1.165, 1.54) is 0 Å². The number of hydrogen-bond donors (Lipinski definition) is 1. The summed E-state index contributed by atoms with van der Waals surface area (Å²) < 4.78 is 0. The van der Waals surface area contributed by atoms with Crippen LogP contribution in [-0.2, 0) is 0 Å². The fourth-order valence-electron chi connectivity index (χ4n) is 2.44. The average molecular weight is 262 g/mol. The summed E-state index contributed by atoms with van der Waals surface area (Å²) in [4.78, 5) is 20.8. The molecule has 1 unspecified atom stereocenters. The number of likely N-dealkylation sites (N-methyl/N-ethyl adjacent to an activating group) is 1. The van der Waals surface area contributed by atoms with Gasteiger partial charge in [-0.2, -0.15) is 0 Å². The van der Waals surface area contributed by atoms with Gasteiger partial charge in [0.25, 0.3) is 5.91 Å². The number of hydrogen-bond acceptors (Lipinski definition) is 4. The molecule has 104 valence electrons. The maximum atomic E-state index is 12.5. The van der Waals surface area contributed by atoms with E-state index in [0.29, 0.717) is 11.6 Å². The van der Waals surface area contributed by atoms with Crippen molar-refractivity contribution >= 4 is 11.7 Å². The highest BCUT2D eigenvalue weighted by molar-refractivity contribution is 5.94. The summed E-state index contributed by atoms with van der Waals surface area (Å²) in [6.07, 6.45) is 3.90. The zero-order chi connectivity index (χ0) is 13.8. The summed E-state index contributed by atoms with van der Waals surface area (Å²) in [5.74, 6) is 0.831. The number of amides is 1. The first kappa shape index (κ1) is 13.8. The summed E-state index contributed by atoms with van der Waals surface area (Å²) in [5, 5.41) is 2.96. The quantitative estimate of drug-likeness (QED) is 0.891. The van der Waals surface area contributed by atoms with Crippen LogP contribution < -0.4 is 5.32 Å². The van der Waals surface area contributed by atoms with Gasteiger partial charge in [0.1, 0.15) is 5.82 Å². The standard InChI is InChI=1S/C14H22N4O/c1-15-13-9-11(6-7-16-13)14(19)18-8-4-5-12(10-18)17(2)3/h6-7,9,12H,4-5,8,10H2,1-3H3,(H,15,16). The highest BCUT2D eigenvalue weighted by Crippen LogP contribution is 2.17. The molecule has 1 aromatic heterocycles. The van der Waals surface area contributed by atoms with Gasteiger partial charge < -0.3 is 15.1 Å². The minimum Gasteiger partial charge on any atom is -0.373 e. The van der Waals surface area contributed by atoms with Crippen LogP contribution in [0.5, 0.6) is 0 Å². The molecule has 1 amide bonds. The second-order valence-electron chi connectivity index (χ2n) is 5.19. The molecule has 0 aliphatic carbocycles. The monoisotopic (exact) mass is 262 g/mol. The smallest absolute Gasteiger partial charge is 0.254 e. The van der Waals surface area contributed by atoms with Crippen molar-refractivity contribution in [3.63, 3.8) is 0 Å². The zero-order valence-corrected chi connectivity index (χ0v) is 11.9. The minimum absolute atomic E-state index is 0.102. The Hall–Kier alpha value is -1.62. The lowest BCUT2D eigenvalue weighted by Crippen LogP contribution is -2.47. The number of piperidine rings is 1. The van der Waals surface area contributed by atoms with Crippen molar-refractivity contribution in [3.8, 4) is 0 Å². The van der Waals surface area contributed by atoms with E-state index >= 15 is 0 Å². The molecule has 1 N–H and O–H groups in total. The molecule has 2 heterocycles. The molecule has 0 radical (unpaired) electrons. The SMILES string of the molecule is CNc1cc(C(=O)N2CCCC(N(C)C)C2)ccn1. The Labute approximate surface area is 114 Å². The number of rotatable bonds is 3. The largest absolute Gasteiger partial charge is 0.373 e. The van der Waals surface area contributed by atoms with Crippen molar-refractivity contribution in [2.24, 2.45) is 0 Å². The summed E-state index contributed by atoms with van der Waals surface area (Å²) in [6, 6.07) is 4.05. The van der Waals surface area contributed by atoms with Crippen LogP contribution >= 0.6 is 0 Å². The molecule has 1 saturated heterocycles. The minimum atomic E-state index is 0.102. The third kappa shape index (κ3) is 3.23. The number of nitrogens with zero attached hydrogens (tertiary/aromatic N) is 3. The summed E-state index contributed by atoms with van der Waals surface area (Å²) >= 11 is 0. The van der Waals surface area contributed by atoms with Gasteiger partial charge in [0.05, 0.1) is 0 Å². The van der Waals surface area contributed by atoms with Gasteiger partial charge in [0, 0.05) is 37.9 Å². The average Bonchev–Trinajstić information content (AvgIpc) is 2.46. The fraction of sp³-hybridized carbons (Fsp3) is 0.571. The zero-order valence-electron chi connectivity index (χ0n) is 11.9. The van der Waals surface area contributed by atoms with Gasteiger partial charge in [-0.15, -0.1) is 0 Å². The fourth-order valence-corrected chi connectivity index (χ4v) is 2.44. The molecule has 1 aromatic rings. The number of likely N-dealkylation sites (tertiary alicyclic amines) is 1. The van der Waals surface area contributed by atoms with E-state index in [2.05, 4.69) is 29.3 Å². The molecule has 5 nitrogen and oxygen atoms in total. The maximum absolute atomic E-state index is 12.5. The number of aromatic nitrogens is 1. The Morgan fingerprint density at radius 3 is 3.00 bits per heavy atom. The molecule has 0 aromatic carbocycles. The third-order valence-electron chi connectivity index (χ3n) is 3.68. The van der Waals surface area contributed by atoms with E-state index in [4.69, 9.17) is 0 Å². The molecule has 1 atom stereocenters. The van der Waals surface area contributed by atoms with Gasteiger partial charge in [-0.3, -0.25) is 4.79 Å². The van der Waals surface area contributed by atoms with Gasteiger partial charge in [-0.1, -0.05) is 0 Å². The molecule has 1 fully saturated rings. The predicted molar refractivity (Wildman–Crippen MR) is 76.4 cm³/mol. The van der Waals surface area contributed by atoms with Crippen molar-refractivity contribution in [3.05, 3.63) is 23.9 Å².